The minimum Gasteiger partial charge on any atom is -0.274 e. The van der Waals surface area contributed by atoms with Crippen molar-refractivity contribution in [1.29, 1.82) is 5.26 Å². The number of amides is 2. The SMILES string of the molecule is CC(=O)N(C#N)c1ccc(C2=NNC(=O)CC2C)cc1. The van der Waals surface area contributed by atoms with E-state index in [1.165, 1.54) is 6.92 Å². The first kappa shape index (κ1) is 13.7. The molecule has 6 heteroatoms. The lowest BCUT2D eigenvalue weighted by Crippen LogP contribution is -2.32. The summed E-state index contributed by atoms with van der Waals surface area (Å²) in [5, 5.41) is 13.0. The maximum atomic E-state index is 11.3. The van der Waals surface area contributed by atoms with Crippen LogP contribution >= 0.6 is 0 Å². The molecule has 1 aromatic carbocycles. The molecule has 1 N–H and O–H groups in total. The van der Waals surface area contributed by atoms with Crippen molar-refractivity contribution < 1.29 is 9.59 Å². The molecule has 2 amide bonds. The second-order valence-corrected chi connectivity index (χ2v) is 4.64. The Bertz CT molecular complexity index is 613. The molecule has 0 aromatic heterocycles. The maximum absolute atomic E-state index is 11.3. The summed E-state index contributed by atoms with van der Waals surface area (Å²) in [6.07, 6.45) is 2.23. The molecule has 1 unspecified atom stereocenters. The molecule has 1 aliphatic heterocycles. The highest BCUT2D eigenvalue weighted by Crippen LogP contribution is 2.20. The molecule has 1 heterocycles. The van der Waals surface area contributed by atoms with Crippen molar-refractivity contribution in [3.63, 3.8) is 0 Å². The summed E-state index contributed by atoms with van der Waals surface area (Å²) in [5.41, 5.74) is 4.63. The first-order chi connectivity index (χ1) is 9.52. The number of hydrogen-bond donors (Lipinski definition) is 1. The van der Waals surface area contributed by atoms with Gasteiger partial charge in [-0.3, -0.25) is 9.59 Å². The highest BCUT2D eigenvalue weighted by Gasteiger charge is 2.21. The third-order valence-corrected chi connectivity index (χ3v) is 3.10. The summed E-state index contributed by atoms with van der Waals surface area (Å²) >= 11 is 0. The molecular formula is C14H14N4O2. The molecule has 0 spiro atoms. The second-order valence-electron chi connectivity index (χ2n) is 4.64. The topological polar surface area (TPSA) is 85.6 Å². The third-order valence-electron chi connectivity index (χ3n) is 3.10. The van der Waals surface area contributed by atoms with Gasteiger partial charge >= 0.3 is 0 Å². The summed E-state index contributed by atoms with van der Waals surface area (Å²) in [6.45, 7) is 3.27. The van der Waals surface area contributed by atoms with Gasteiger partial charge in [-0.2, -0.15) is 10.4 Å². The van der Waals surface area contributed by atoms with Gasteiger partial charge in [0.1, 0.15) is 0 Å². The van der Waals surface area contributed by atoms with Gasteiger partial charge in [0.05, 0.1) is 11.4 Å². The Morgan fingerprint density at radius 1 is 1.45 bits per heavy atom. The summed E-state index contributed by atoms with van der Waals surface area (Å²) in [6, 6.07) is 6.95. The minimum absolute atomic E-state index is 0.0366. The van der Waals surface area contributed by atoms with E-state index in [-0.39, 0.29) is 17.7 Å². The number of nitrogens with one attached hydrogen (secondary N) is 1. The third kappa shape index (κ3) is 2.67. The van der Waals surface area contributed by atoms with E-state index in [2.05, 4.69) is 10.5 Å². The van der Waals surface area contributed by atoms with Crippen LogP contribution < -0.4 is 10.3 Å². The second kappa shape index (κ2) is 5.53. The van der Waals surface area contributed by atoms with Gasteiger partial charge in [-0.25, -0.2) is 10.3 Å². The zero-order valence-corrected chi connectivity index (χ0v) is 11.3. The van der Waals surface area contributed by atoms with Gasteiger partial charge in [0, 0.05) is 19.3 Å². The van der Waals surface area contributed by atoms with Crippen molar-refractivity contribution in [3.05, 3.63) is 29.8 Å². The Kier molecular flexibility index (Phi) is 3.80. The maximum Gasteiger partial charge on any atom is 0.240 e. The smallest absolute Gasteiger partial charge is 0.240 e. The number of hydrazone groups is 1. The van der Waals surface area contributed by atoms with E-state index < -0.39 is 0 Å². The van der Waals surface area contributed by atoms with E-state index in [1.54, 1.807) is 24.3 Å². The van der Waals surface area contributed by atoms with Gasteiger partial charge in [-0.1, -0.05) is 19.1 Å². The molecule has 2 rings (SSSR count). The number of nitrogens with zero attached hydrogens (tertiary/aromatic N) is 3. The van der Waals surface area contributed by atoms with Crippen LogP contribution in [0.4, 0.5) is 5.69 Å². The molecule has 0 saturated carbocycles. The van der Waals surface area contributed by atoms with Crippen LogP contribution in [0.1, 0.15) is 25.8 Å². The Hall–Kier alpha value is -2.68. The van der Waals surface area contributed by atoms with Gasteiger partial charge in [0.15, 0.2) is 6.19 Å². The zero-order chi connectivity index (χ0) is 14.7. The summed E-state index contributed by atoms with van der Waals surface area (Å²) < 4.78 is 0. The first-order valence-corrected chi connectivity index (χ1v) is 6.20. The van der Waals surface area contributed by atoms with Crippen LogP contribution in [-0.2, 0) is 9.59 Å². The monoisotopic (exact) mass is 270 g/mol. The molecule has 0 saturated heterocycles. The fourth-order valence-corrected chi connectivity index (χ4v) is 2.09. The molecule has 1 atom stereocenters. The predicted molar refractivity (Wildman–Crippen MR) is 73.7 cm³/mol. The quantitative estimate of drug-likeness (QED) is 0.650. The largest absolute Gasteiger partial charge is 0.274 e. The minimum atomic E-state index is -0.337. The number of benzene rings is 1. The molecule has 102 valence electrons. The summed E-state index contributed by atoms with van der Waals surface area (Å²) in [5.74, 6) is -0.393. The number of anilines is 1. The fourth-order valence-electron chi connectivity index (χ4n) is 2.09. The molecule has 0 aliphatic carbocycles. The van der Waals surface area contributed by atoms with Gasteiger partial charge in [0.2, 0.25) is 11.8 Å². The number of rotatable bonds is 2. The normalized spacial score (nSPS) is 17.8. The molecular weight excluding hydrogens is 256 g/mol. The Morgan fingerprint density at radius 3 is 2.60 bits per heavy atom. The van der Waals surface area contributed by atoms with Crippen molar-refractivity contribution in [2.75, 3.05) is 4.90 Å². The van der Waals surface area contributed by atoms with Crippen molar-refractivity contribution in [2.45, 2.75) is 20.3 Å². The lowest BCUT2D eigenvalue weighted by Gasteiger charge is -2.19. The van der Waals surface area contributed by atoms with E-state index >= 15 is 0 Å². The van der Waals surface area contributed by atoms with Crippen LogP contribution in [0.25, 0.3) is 0 Å². The molecule has 20 heavy (non-hydrogen) atoms. The summed E-state index contributed by atoms with van der Waals surface area (Å²) in [7, 11) is 0. The number of carbonyl (C=O) groups is 2. The van der Waals surface area contributed by atoms with Crippen LogP contribution in [0, 0.1) is 17.4 Å². The first-order valence-electron chi connectivity index (χ1n) is 6.20. The number of nitriles is 1. The standard InChI is InChI=1S/C14H14N4O2/c1-9-7-13(20)16-17-14(9)11-3-5-12(6-4-11)18(8-15)10(2)19/h3-6,9H,7H2,1-2H3,(H,16,20). The van der Waals surface area contributed by atoms with E-state index in [0.29, 0.717) is 12.1 Å². The van der Waals surface area contributed by atoms with E-state index in [4.69, 9.17) is 5.26 Å². The lowest BCUT2D eigenvalue weighted by molar-refractivity contribution is -0.122. The Balaban J connectivity index is 2.27. The zero-order valence-electron chi connectivity index (χ0n) is 11.3. The number of carbonyl (C=O) groups excluding carboxylic acids is 2. The predicted octanol–water partition coefficient (Wildman–Crippen LogP) is 1.38. The van der Waals surface area contributed by atoms with Crippen molar-refractivity contribution in [3.8, 4) is 6.19 Å². The van der Waals surface area contributed by atoms with Gasteiger partial charge in [-0.05, 0) is 17.7 Å². The average molecular weight is 270 g/mol. The highest BCUT2D eigenvalue weighted by atomic mass is 16.2. The van der Waals surface area contributed by atoms with E-state index in [1.807, 2.05) is 13.1 Å². The van der Waals surface area contributed by atoms with Crippen LogP contribution in [0.2, 0.25) is 0 Å². The Labute approximate surface area is 116 Å². The highest BCUT2D eigenvalue weighted by molar-refractivity contribution is 6.06. The fraction of sp³-hybridized carbons (Fsp3) is 0.286. The van der Waals surface area contributed by atoms with Crippen molar-refractivity contribution >= 4 is 23.2 Å². The number of hydrogen-bond acceptors (Lipinski definition) is 4. The molecule has 0 radical (unpaired) electrons. The van der Waals surface area contributed by atoms with Crippen molar-refractivity contribution in [1.82, 2.24) is 5.43 Å². The molecule has 0 bridgehead atoms. The van der Waals surface area contributed by atoms with Crippen LogP contribution in [0.15, 0.2) is 29.4 Å². The van der Waals surface area contributed by atoms with Gasteiger partial charge < -0.3 is 0 Å². The van der Waals surface area contributed by atoms with E-state index in [0.717, 1.165) is 16.2 Å². The van der Waals surface area contributed by atoms with Crippen LogP contribution in [0.5, 0.6) is 0 Å². The summed E-state index contributed by atoms with van der Waals surface area (Å²) in [4.78, 5) is 23.5. The Morgan fingerprint density at radius 2 is 2.10 bits per heavy atom. The van der Waals surface area contributed by atoms with Crippen LogP contribution in [-0.4, -0.2) is 17.5 Å². The lowest BCUT2D eigenvalue weighted by atomic mass is 9.94. The molecule has 6 nitrogen and oxygen atoms in total. The van der Waals surface area contributed by atoms with Crippen LogP contribution in [0.3, 0.4) is 0 Å². The molecule has 1 aliphatic rings. The van der Waals surface area contributed by atoms with Gasteiger partial charge in [-0.15, -0.1) is 0 Å². The molecule has 1 aromatic rings. The van der Waals surface area contributed by atoms with Crippen molar-refractivity contribution in [2.24, 2.45) is 11.0 Å². The average Bonchev–Trinajstić information content (AvgIpc) is 2.40. The van der Waals surface area contributed by atoms with Gasteiger partial charge in [0.25, 0.3) is 0 Å². The van der Waals surface area contributed by atoms with E-state index in [9.17, 15) is 9.59 Å². The molecule has 0 fully saturated rings.